The highest BCUT2D eigenvalue weighted by Crippen LogP contribution is 2.34. The van der Waals surface area contributed by atoms with E-state index in [1.54, 1.807) is 6.92 Å². The van der Waals surface area contributed by atoms with E-state index in [4.69, 9.17) is 0 Å². The fourth-order valence-electron chi connectivity index (χ4n) is 2.29. The maximum atomic E-state index is 13.0. The first kappa shape index (κ1) is 15.5. The summed E-state index contributed by atoms with van der Waals surface area (Å²) in [6.45, 7) is 5.72. The quantitative estimate of drug-likeness (QED) is 0.711. The van der Waals surface area contributed by atoms with Crippen molar-refractivity contribution in [2.45, 2.75) is 45.7 Å². The maximum Gasteiger partial charge on any atom is 0.435 e. The van der Waals surface area contributed by atoms with Crippen molar-refractivity contribution in [2.24, 2.45) is 0 Å². The largest absolute Gasteiger partial charge is 0.435 e. The molecule has 2 heterocycles. The van der Waals surface area contributed by atoms with Gasteiger partial charge in [-0.25, -0.2) is 9.50 Å². The first-order valence-electron chi connectivity index (χ1n) is 6.42. The zero-order chi connectivity index (χ0) is 15.1. The van der Waals surface area contributed by atoms with Crippen LogP contribution in [0.2, 0.25) is 0 Å². The molecule has 2 aromatic heterocycles. The molecule has 2 aromatic rings. The molecule has 3 nitrogen and oxygen atoms in total. The third kappa shape index (κ3) is 2.64. The molecule has 0 amide bonds. The Bertz CT molecular complexity index is 630. The Morgan fingerprint density at radius 3 is 2.40 bits per heavy atom. The summed E-state index contributed by atoms with van der Waals surface area (Å²) in [7, 11) is 0. The van der Waals surface area contributed by atoms with Gasteiger partial charge in [0.05, 0.1) is 5.69 Å². The van der Waals surface area contributed by atoms with Crippen LogP contribution in [-0.2, 0) is 6.18 Å². The van der Waals surface area contributed by atoms with E-state index >= 15 is 0 Å². The smallest absolute Gasteiger partial charge is 0.231 e. The van der Waals surface area contributed by atoms with E-state index in [0.29, 0.717) is 20.6 Å². The van der Waals surface area contributed by atoms with Crippen LogP contribution in [0, 0.1) is 10.6 Å². The number of rotatable bonds is 3. The second-order valence-electron chi connectivity index (χ2n) is 4.72. The minimum Gasteiger partial charge on any atom is -0.231 e. The lowest BCUT2D eigenvalue weighted by atomic mass is 9.94. The number of hydrogen-bond donors (Lipinski definition) is 0. The van der Waals surface area contributed by atoms with Crippen molar-refractivity contribution < 1.29 is 13.2 Å². The Morgan fingerprint density at radius 1 is 1.30 bits per heavy atom. The van der Waals surface area contributed by atoms with Crippen molar-refractivity contribution in [3.8, 4) is 0 Å². The van der Waals surface area contributed by atoms with Gasteiger partial charge in [-0.3, -0.25) is 0 Å². The third-order valence-corrected chi connectivity index (χ3v) is 4.67. The fraction of sp³-hybridized carbons (Fsp3) is 0.538. The lowest BCUT2D eigenvalue weighted by Gasteiger charge is -2.16. The number of fused-ring (bicyclic) bond motifs is 1. The van der Waals surface area contributed by atoms with E-state index < -0.39 is 11.9 Å². The Balaban J connectivity index is 2.79. The molecule has 0 aromatic carbocycles. The SMILES string of the molecule is CCC(CC)c1cc(C(F)(F)F)nn2c(I)c(C)nc12. The average Bonchev–Trinajstić information content (AvgIpc) is 2.66. The Kier molecular flexibility index (Phi) is 4.27. The normalized spacial score (nSPS) is 12.6. The van der Waals surface area contributed by atoms with Crippen LogP contribution < -0.4 is 0 Å². The van der Waals surface area contributed by atoms with Crippen LogP contribution in [0.25, 0.3) is 5.65 Å². The van der Waals surface area contributed by atoms with Gasteiger partial charge in [-0.2, -0.15) is 18.3 Å². The number of nitrogens with zero attached hydrogens (tertiary/aromatic N) is 3. The molecule has 0 radical (unpaired) electrons. The molecule has 0 atom stereocenters. The summed E-state index contributed by atoms with van der Waals surface area (Å²) in [5.74, 6) is 0.0548. The van der Waals surface area contributed by atoms with Gasteiger partial charge >= 0.3 is 6.18 Å². The molecule has 0 bridgehead atoms. The third-order valence-electron chi connectivity index (χ3n) is 3.43. The summed E-state index contributed by atoms with van der Waals surface area (Å²) in [5, 5.41) is 3.70. The van der Waals surface area contributed by atoms with Gasteiger partial charge in [0.1, 0.15) is 3.70 Å². The summed E-state index contributed by atoms with van der Waals surface area (Å²) in [4.78, 5) is 4.38. The topological polar surface area (TPSA) is 30.2 Å². The van der Waals surface area contributed by atoms with E-state index in [1.165, 1.54) is 4.52 Å². The standard InChI is InChI=1S/C13H15F3IN3/c1-4-8(5-2)9-6-10(13(14,15)16)19-20-11(17)7(3)18-12(9)20/h6,8H,4-5H2,1-3H3. The molecule has 0 aliphatic rings. The van der Waals surface area contributed by atoms with Crippen LogP contribution in [0.4, 0.5) is 13.2 Å². The average molecular weight is 397 g/mol. The van der Waals surface area contributed by atoms with E-state index in [1.807, 2.05) is 36.4 Å². The Hall–Kier alpha value is -0.860. The van der Waals surface area contributed by atoms with E-state index in [2.05, 4.69) is 10.1 Å². The summed E-state index contributed by atoms with van der Waals surface area (Å²) in [6, 6.07) is 1.15. The second-order valence-corrected chi connectivity index (χ2v) is 5.74. The molecular formula is C13H15F3IN3. The number of alkyl halides is 3. The number of halogens is 4. The van der Waals surface area contributed by atoms with Crippen LogP contribution in [0.3, 0.4) is 0 Å². The minimum atomic E-state index is -4.45. The van der Waals surface area contributed by atoms with Gasteiger partial charge in [0.2, 0.25) is 0 Å². The summed E-state index contributed by atoms with van der Waals surface area (Å²) < 4.78 is 41.0. The predicted octanol–water partition coefficient (Wildman–Crippen LogP) is 4.56. The maximum absolute atomic E-state index is 13.0. The monoisotopic (exact) mass is 397 g/mol. The molecule has 20 heavy (non-hydrogen) atoms. The molecule has 7 heteroatoms. The van der Waals surface area contributed by atoms with Gasteiger partial charge in [0, 0.05) is 5.56 Å². The van der Waals surface area contributed by atoms with E-state index in [-0.39, 0.29) is 5.92 Å². The van der Waals surface area contributed by atoms with Crippen molar-refractivity contribution in [3.05, 3.63) is 26.7 Å². The number of imidazole rings is 1. The molecule has 0 unspecified atom stereocenters. The number of hydrogen-bond acceptors (Lipinski definition) is 2. The Labute approximate surface area is 128 Å². The van der Waals surface area contributed by atoms with Gasteiger partial charge in [0.25, 0.3) is 0 Å². The van der Waals surface area contributed by atoms with Gasteiger partial charge in [-0.05, 0) is 54.3 Å². The highest BCUT2D eigenvalue weighted by atomic mass is 127. The summed E-state index contributed by atoms with van der Waals surface area (Å²) in [6.07, 6.45) is -2.90. The number of aromatic nitrogens is 3. The van der Waals surface area contributed by atoms with Crippen LogP contribution in [-0.4, -0.2) is 14.6 Å². The summed E-state index contributed by atoms with van der Waals surface area (Å²) in [5.41, 5.74) is 1.00. The highest BCUT2D eigenvalue weighted by molar-refractivity contribution is 14.1. The molecule has 110 valence electrons. The first-order chi connectivity index (χ1) is 9.29. The molecule has 2 rings (SSSR count). The van der Waals surface area contributed by atoms with Crippen molar-refractivity contribution in [2.75, 3.05) is 0 Å². The molecule has 0 spiro atoms. The Morgan fingerprint density at radius 2 is 1.90 bits per heavy atom. The fourth-order valence-corrected chi connectivity index (χ4v) is 2.75. The van der Waals surface area contributed by atoms with Crippen LogP contribution in [0.5, 0.6) is 0 Å². The van der Waals surface area contributed by atoms with Crippen LogP contribution in [0.1, 0.15) is 49.6 Å². The zero-order valence-corrected chi connectivity index (χ0v) is 13.6. The van der Waals surface area contributed by atoms with Gasteiger partial charge in [-0.1, -0.05) is 13.8 Å². The van der Waals surface area contributed by atoms with Gasteiger partial charge < -0.3 is 0 Å². The number of aryl methyl sites for hydroxylation is 1. The molecule has 0 aliphatic carbocycles. The van der Waals surface area contributed by atoms with Crippen LogP contribution in [0.15, 0.2) is 6.07 Å². The minimum absolute atomic E-state index is 0.0548. The van der Waals surface area contributed by atoms with Crippen molar-refractivity contribution in [1.29, 1.82) is 0 Å². The summed E-state index contributed by atoms with van der Waals surface area (Å²) >= 11 is 1.98. The van der Waals surface area contributed by atoms with E-state index in [0.717, 1.165) is 18.9 Å². The van der Waals surface area contributed by atoms with Crippen molar-refractivity contribution >= 4 is 28.2 Å². The molecular weight excluding hydrogens is 382 g/mol. The van der Waals surface area contributed by atoms with Gasteiger partial charge in [-0.15, -0.1) is 0 Å². The zero-order valence-electron chi connectivity index (χ0n) is 11.4. The van der Waals surface area contributed by atoms with Crippen molar-refractivity contribution in [3.63, 3.8) is 0 Å². The molecule has 0 N–H and O–H groups in total. The van der Waals surface area contributed by atoms with Gasteiger partial charge in [0.15, 0.2) is 11.3 Å². The highest BCUT2D eigenvalue weighted by Gasteiger charge is 2.35. The predicted molar refractivity (Wildman–Crippen MR) is 78.8 cm³/mol. The molecule has 0 aliphatic heterocycles. The van der Waals surface area contributed by atoms with E-state index in [9.17, 15) is 13.2 Å². The lowest BCUT2D eigenvalue weighted by molar-refractivity contribution is -0.142. The van der Waals surface area contributed by atoms with Crippen LogP contribution >= 0.6 is 22.6 Å². The molecule has 0 saturated heterocycles. The lowest BCUT2D eigenvalue weighted by Crippen LogP contribution is -2.14. The molecule has 0 saturated carbocycles. The first-order valence-corrected chi connectivity index (χ1v) is 7.50. The molecule has 0 fully saturated rings. The second kappa shape index (κ2) is 5.50. The van der Waals surface area contributed by atoms with Crippen molar-refractivity contribution in [1.82, 2.24) is 14.6 Å².